The third kappa shape index (κ3) is 6.93. The highest BCUT2D eigenvalue weighted by Gasteiger charge is 2.21. The number of hydrogen-bond donors (Lipinski definition) is 4. The van der Waals surface area contributed by atoms with Gasteiger partial charge < -0.3 is 10.6 Å². The van der Waals surface area contributed by atoms with E-state index >= 15 is 0 Å². The van der Waals surface area contributed by atoms with Gasteiger partial charge in [0.25, 0.3) is 11.4 Å². The molecule has 1 aliphatic heterocycles. The van der Waals surface area contributed by atoms with E-state index in [2.05, 4.69) is 10.6 Å². The maximum atomic E-state index is 11.5. The van der Waals surface area contributed by atoms with Gasteiger partial charge in [-0.2, -0.15) is 4.21 Å². The van der Waals surface area contributed by atoms with E-state index in [1.807, 2.05) is 0 Å². The molecule has 1 fully saturated rings. The monoisotopic (exact) mass is 340 g/mol. The number of nitrogens with one attached hydrogen (secondary N) is 2. The second kappa shape index (κ2) is 10.1. The Bertz CT molecular complexity index is 596. The van der Waals surface area contributed by atoms with Crippen molar-refractivity contribution in [2.75, 3.05) is 26.2 Å². The molecule has 23 heavy (non-hydrogen) atoms. The van der Waals surface area contributed by atoms with Crippen LogP contribution in [0.4, 0.5) is 0 Å². The molecule has 0 saturated carbocycles. The van der Waals surface area contributed by atoms with E-state index in [-0.39, 0.29) is 11.6 Å². The molecule has 0 radical (unpaired) electrons. The van der Waals surface area contributed by atoms with E-state index in [0.717, 1.165) is 26.2 Å². The highest BCUT2D eigenvalue weighted by molar-refractivity contribution is 7.73. The number of ketones is 2. The Labute approximate surface area is 137 Å². The summed E-state index contributed by atoms with van der Waals surface area (Å²) in [4.78, 5) is 23.0. The maximum Gasteiger partial charge on any atom is 0.299 e. The first-order chi connectivity index (χ1) is 10.9. The molecule has 4 N–H and O–H groups in total. The Kier molecular flexibility index (Phi) is 8.52. The number of fused-ring (bicyclic) bond motifs is 1. The minimum absolute atomic E-state index is 0.0461. The molecule has 1 aromatic carbocycles. The zero-order valence-electron chi connectivity index (χ0n) is 12.7. The van der Waals surface area contributed by atoms with Crippen LogP contribution in [0.2, 0.25) is 0 Å². The molecule has 0 unspecified atom stereocenters. The summed E-state index contributed by atoms with van der Waals surface area (Å²) in [5.41, 5.74) is 1.55. The number of benzene rings is 1. The molecule has 1 heterocycles. The molecule has 126 valence electrons. The number of carbonyl (C=O) groups is 2. The van der Waals surface area contributed by atoms with Crippen LogP contribution >= 0.6 is 0 Å². The quantitative estimate of drug-likeness (QED) is 0.518. The first-order valence-electron chi connectivity index (χ1n) is 7.01. The van der Waals surface area contributed by atoms with Gasteiger partial charge in [0, 0.05) is 42.9 Å². The summed E-state index contributed by atoms with van der Waals surface area (Å²) < 4.78 is 22.8. The van der Waals surface area contributed by atoms with Crippen molar-refractivity contribution in [2.24, 2.45) is 0 Å². The second-order valence-electron chi connectivity index (χ2n) is 4.80. The van der Waals surface area contributed by atoms with Crippen molar-refractivity contribution in [3.05, 3.63) is 47.0 Å². The van der Waals surface area contributed by atoms with Gasteiger partial charge in [-0.05, 0) is 13.0 Å². The maximum absolute atomic E-state index is 11.5. The molecule has 1 aliphatic carbocycles. The summed E-state index contributed by atoms with van der Waals surface area (Å²) in [6.07, 6.45) is 1.39. The number of rotatable bonds is 0. The number of allylic oxidation sites excluding steroid dienone is 2. The Morgan fingerprint density at radius 2 is 1.39 bits per heavy atom. The fraction of sp³-hybridized carbons (Fsp3) is 0.333. The van der Waals surface area contributed by atoms with Gasteiger partial charge in [-0.15, -0.1) is 0 Å². The van der Waals surface area contributed by atoms with Crippen LogP contribution in [0.25, 0.3) is 0 Å². The average Bonchev–Trinajstić information content (AvgIpc) is 2.54. The Morgan fingerprint density at radius 1 is 0.957 bits per heavy atom. The van der Waals surface area contributed by atoms with Crippen molar-refractivity contribution in [2.45, 2.75) is 6.92 Å². The predicted molar refractivity (Wildman–Crippen MR) is 88.0 cm³/mol. The van der Waals surface area contributed by atoms with Crippen molar-refractivity contribution in [3.63, 3.8) is 0 Å². The number of hydrogen-bond acceptors (Lipinski definition) is 5. The smallest absolute Gasteiger partial charge is 0.299 e. The van der Waals surface area contributed by atoms with Crippen molar-refractivity contribution in [3.8, 4) is 0 Å². The van der Waals surface area contributed by atoms with Crippen LogP contribution < -0.4 is 10.6 Å². The van der Waals surface area contributed by atoms with Crippen LogP contribution in [0, 0.1) is 0 Å². The highest BCUT2D eigenvalue weighted by Crippen LogP contribution is 2.20. The first-order valence-corrected chi connectivity index (χ1v) is 8.07. The van der Waals surface area contributed by atoms with Crippen LogP contribution in [-0.4, -0.2) is 51.1 Å². The lowest BCUT2D eigenvalue weighted by atomic mass is 9.90. The second-order valence-corrected chi connectivity index (χ2v) is 5.26. The summed E-state index contributed by atoms with van der Waals surface area (Å²) in [5.74, 6) is -0.122. The van der Waals surface area contributed by atoms with E-state index in [0.29, 0.717) is 16.7 Å². The molecule has 7 nitrogen and oxygen atoms in total. The van der Waals surface area contributed by atoms with E-state index < -0.39 is 11.4 Å². The molecule has 0 amide bonds. The van der Waals surface area contributed by atoms with Crippen LogP contribution in [0.15, 0.2) is 35.9 Å². The molecule has 8 heteroatoms. The molecule has 2 aliphatic rings. The fourth-order valence-corrected chi connectivity index (χ4v) is 2.05. The van der Waals surface area contributed by atoms with Crippen LogP contribution in [-0.2, 0) is 11.4 Å². The van der Waals surface area contributed by atoms with Crippen LogP contribution in [0.5, 0.6) is 0 Å². The van der Waals surface area contributed by atoms with E-state index in [9.17, 15) is 9.59 Å². The first kappa shape index (κ1) is 19.3. The molecular weight excluding hydrogens is 320 g/mol. The highest BCUT2D eigenvalue weighted by atomic mass is 32.2. The van der Waals surface area contributed by atoms with Gasteiger partial charge in [0.2, 0.25) is 0 Å². The van der Waals surface area contributed by atoms with Gasteiger partial charge in [-0.25, -0.2) is 0 Å². The SMILES string of the molecule is C1CNCCN1.CC1=CC(=O)c2ccccc2C1=O.O=S(O)O. The zero-order chi connectivity index (χ0) is 17.2. The van der Waals surface area contributed by atoms with Crippen molar-refractivity contribution in [1.29, 1.82) is 0 Å². The lowest BCUT2D eigenvalue weighted by Gasteiger charge is -2.11. The lowest BCUT2D eigenvalue weighted by Crippen LogP contribution is -2.39. The van der Waals surface area contributed by atoms with Crippen molar-refractivity contribution < 1.29 is 22.9 Å². The number of carbonyl (C=O) groups excluding carboxylic acids is 2. The lowest BCUT2D eigenvalue weighted by molar-refractivity contribution is 0.0984. The number of piperazine rings is 1. The average molecular weight is 340 g/mol. The van der Waals surface area contributed by atoms with E-state index in [1.165, 1.54) is 6.08 Å². The van der Waals surface area contributed by atoms with Crippen LogP contribution in [0.3, 0.4) is 0 Å². The topological polar surface area (TPSA) is 116 Å². The molecule has 0 aromatic heterocycles. The summed E-state index contributed by atoms with van der Waals surface area (Å²) in [6, 6.07) is 6.89. The third-order valence-electron chi connectivity index (χ3n) is 3.10. The minimum Gasteiger partial charge on any atom is -0.314 e. The summed E-state index contributed by atoms with van der Waals surface area (Å²) >= 11 is -2.61. The standard InChI is InChI=1S/C11H8O2.C4H10N2.H2O3S/c1-7-6-10(12)8-4-2-3-5-9(8)11(7)13;1-2-6-4-3-5-1;1-4(2)3/h2-6H,1H3;5-6H,1-4H2;(H2,1,2,3). The third-order valence-corrected chi connectivity index (χ3v) is 3.10. The Balaban J connectivity index is 0.000000220. The molecule has 1 aromatic rings. The molecule has 0 bridgehead atoms. The fourth-order valence-electron chi connectivity index (χ4n) is 2.05. The normalized spacial score (nSPS) is 16.4. The van der Waals surface area contributed by atoms with Gasteiger partial charge in [0.15, 0.2) is 11.6 Å². The van der Waals surface area contributed by atoms with E-state index in [1.54, 1.807) is 31.2 Å². The predicted octanol–water partition coefficient (Wildman–Crippen LogP) is 0.872. The molecular formula is C15H20N2O5S. The largest absolute Gasteiger partial charge is 0.314 e. The van der Waals surface area contributed by atoms with E-state index in [4.69, 9.17) is 13.3 Å². The van der Waals surface area contributed by atoms with Gasteiger partial charge in [-0.1, -0.05) is 24.3 Å². The van der Waals surface area contributed by atoms with Gasteiger partial charge in [0.05, 0.1) is 0 Å². The summed E-state index contributed by atoms with van der Waals surface area (Å²) in [5, 5.41) is 6.44. The van der Waals surface area contributed by atoms with Crippen molar-refractivity contribution >= 4 is 22.9 Å². The Hall–Kier alpha value is -1.71. The van der Waals surface area contributed by atoms with Gasteiger partial charge in [0.1, 0.15) is 0 Å². The zero-order valence-corrected chi connectivity index (χ0v) is 13.6. The summed E-state index contributed by atoms with van der Waals surface area (Å²) in [6.45, 7) is 6.22. The van der Waals surface area contributed by atoms with Crippen molar-refractivity contribution in [1.82, 2.24) is 10.6 Å². The molecule has 0 atom stereocenters. The minimum atomic E-state index is -2.61. The van der Waals surface area contributed by atoms with Gasteiger partial charge >= 0.3 is 0 Å². The van der Waals surface area contributed by atoms with Gasteiger partial charge in [-0.3, -0.25) is 18.7 Å². The molecule has 1 saturated heterocycles. The molecule has 0 spiro atoms. The molecule has 3 rings (SSSR count). The van der Waals surface area contributed by atoms with Crippen LogP contribution in [0.1, 0.15) is 27.6 Å². The number of Topliss-reactive ketones (excluding diaryl/α,β-unsaturated/α-hetero) is 1. The summed E-state index contributed by atoms with van der Waals surface area (Å²) in [7, 11) is 0. The Morgan fingerprint density at radius 3 is 1.83 bits per heavy atom.